The number of methoxy groups -OCH3 is 1. The Hall–Kier alpha value is -1.04. The van der Waals surface area contributed by atoms with E-state index in [4.69, 9.17) is 14.6 Å². The number of nitrogens with two attached hydrogens (primary N) is 1. The molecule has 3 N–H and O–H groups in total. The quantitative estimate of drug-likeness (QED) is 0.555. The zero-order valence-corrected chi connectivity index (χ0v) is 13.8. The minimum absolute atomic E-state index is 0.153. The fraction of sp³-hybridized carbons (Fsp3) is 0.500. The molecule has 8 nitrogen and oxygen atoms in total. The molecule has 0 amide bonds. The normalized spacial score (nSPS) is 12.5. The maximum atomic E-state index is 12.0. The van der Waals surface area contributed by atoms with Gasteiger partial charge in [-0.3, -0.25) is 0 Å². The molecule has 126 valence electrons. The van der Waals surface area contributed by atoms with Crippen molar-refractivity contribution in [3.63, 3.8) is 0 Å². The molecule has 0 heterocycles. The standard InChI is InChI=1S/C12H20N2O6S2/c1-19-8-9-20-7-3-6-14-22(17,18)12-5-2-4-11(10-12)21(13,15)16/h2,4-5,10,14H,3,6-9H2,1H3,(H2,13,15,16). The van der Waals surface area contributed by atoms with Crippen LogP contribution in [0.4, 0.5) is 0 Å². The lowest BCUT2D eigenvalue weighted by molar-refractivity contribution is 0.0699. The fourth-order valence-corrected chi connectivity index (χ4v) is 3.28. The third-order valence-electron chi connectivity index (χ3n) is 2.63. The van der Waals surface area contributed by atoms with E-state index in [1.54, 1.807) is 7.11 Å². The Morgan fingerprint density at radius 1 is 1.09 bits per heavy atom. The Balaban J connectivity index is 2.57. The second-order valence-electron chi connectivity index (χ2n) is 4.38. The lowest BCUT2D eigenvalue weighted by Crippen LogP contribution is -2.26. The second kappa shape index (κ2) is 8.56. The van der Waals surface area contributed by atoms with Crippen LogP contribution in [-0.4, -0.2) is 50.3 Å². The van der Waals surface area contributed by atoms with Crippen molar-refractivity contribution in [3.05, 3.63) is 24.3 Å². The van der Waals surface area contributed by atoms with Crippen LogP contribution in [0.15, 0.2) is 34.1 Å². The monoisotopic (exact) mass is 352 g/mol. The Labute approximate surface area is 130 Å². The van der Waals surface area contributed by atoms with Crippen molar-refractivity contribution in [1.29, 1.82) is 0 Å². The van der Waals surface area contributed by atoms with Crippen molar-refractivity contribution in [3.8, 4) is 0 Å². The number of hydrogen-bond acceptors (Lipinski definition) is 6. The van der Waals surface area contributed by atoms with Crippen LogP contribution in [-0.2, 0) is 29.5 Å². The largest absolute Gasteiger partial charge is 0.382 e. The molecule has 0 fully saturated rings. The van der Waals surface area contributed by atoms with Crippen LogP contribution in [0.2, 0.25) is 0 Å². The average molecular weight is 352 g/mol. The number of rotatable bonds is 10. The summed E-state index contributed by atoms with van der Waals surface area (Å²) in [6, 6.07) is 4.87. The van der Waals surface area contributed by atoms with Gasteiger partial charge >= 0.3 is 0 Å². The summed E-state index contributed by atoms with van der Waals surface area (Å²) in [5.41, 5.74) is 0. The Bertz CT molecular complexity index is 673. The van der Waals surface area contributed by atoms with E-state index >= 15 is 0 Å². The van der Waals surface area contributed by atoms with Crippen LogP contribution >= 0.6 is 0 Å². The molecule has 0 saturated carbocycles. The van der Waals surface area contributed by atoms with Gasteiger partial charge in [-0.25, -0.2) is 26.7 Å². The van der Waals surface area contributed by atoms with Crippen molar-refractivity contribution in [2.75, 3.05) is 33.5 Å². The third kappa shape index (κ3) is 6.38. The van der Waals surface area contributed by atoms with Crippen LogP contribution in [0.1, 0.15) is 6.42 Å². The van der Waals surface area contributed by atoms with Gasteiger partial charge in [0, 0.05) is 20.3 Å². The lowest BCUT2D eigenvalue weighted by Gasteiger charge is -2.08. The minimum Gasteiger partial charge on any atom is -0.382 e. The molecule has 0 aliphatic rings. The highest BCUT2D eigenvalue weighted by molar-refractivity contribution is 7.90. The summed E-state index contributed by atoms with van der Waals surface area (Å²) < 4.78 is 58.9. The van der Waals surface area contributed by atoms with Gasteiger partial charge < -0.3 is 9.47 Å². The van der Waals surface area contributed by atoms with E-state index in [9.17, 15) is 16.8 Å². The summed E-state index contributed by atoms with van der Waals surface area (Å²) in [6.07, 6.45) is 0.484. The Kier molecular flexibility index (Phi) is 7.39. The number of benzene rings is 1. The highest BCUT2D eigenvalue weighted by Gasteiger charge is 2.16. The average Bonchev–Trinajstić information content (AvgIpc) is 2.45. The van der Waals surface area contributed by atoms with Gasteiger partial charge in [-0.15, -0.1) is 0 Å². The molecule has 1 aromatic carbocycles. The molecular weight excluding hydrogens is 332 g/mol. The minimum atomic E-state index is -3.95. The van der Waals surface area contributed by atoms with Crippen LogP contribution in [0.3, 0.4) is 0 Å². The van der Waals surface area contributed by atoms with Crippen molar-refractivity contribution in [1.82, 2.24) is 4.72 Å². The van der Waals surface area contributed by atoms with Crippen molar-refractivity contribution in [2.24, 2.45) is 5.14 Å². The molecule has 0 saturated heterocycles. The van der Waals surface area contributed by atoms with Crippen LogP contribution < -0.4 is 9.86 Å². The molecule has 0 unspecified atom stereocenters. The predicted molar refractivity (Wildman–Crippen MR) is 80.3 cm³/mol. The highest BCUT2D eigenvalue weighted by Crippen LogP contribution is 2.14. The number of hydrogen-bond donors (Lipinski definition) is 2. The van der Waals surface area contributed by atoms with E-state index in [1.165, 1.54) is 18.2 Å². The van der Waals surface area contributed by atoms with Crippen molar-refractivity contribution < 1.29 is 26.3 Å². The number of nitrogens with one attached hydrogen (secondary N) is 1. The molecule has 0 aromatic heterocycles. The van der Waals surface area contributed by atoms with Gasteiger partial charge in [-0.1, -0.05) is 6.07 Å². The summed E-state index contributed by atoms with van der Waals surface area (Å²) in [4.78, 5) is -0.405. The van der Waals surface area contributed by atoms with Gasteiger partial charge in [0.1, 0.15) is 0 Å². The summed E-state index contributed by atoms with van der Waals surface area (Å²) in [7, 11) is -6.18. The van der Waals surface area contributed by atoms with Gasteiger partial charge in [0.25, 0.3) is 0 Å². The number of ether oxygens (including phenoxy) is 2. The summed E-state index contributed by atoms with van der Waals surface area (Å²) in [6.45, 7) is 1.49. The molecule has 1 aromatic rings. The molecule has 0 spiro atoms. The maximum absolute atomic E-state index is 12.0. The van der Waals surface area contributed by atoms with E-state index < -0.39 is 20.0 Å². The Morgan fingerprint density at radius 3 is 2.41 bits per heavy atom. The fourth-order valence-electron chi connectivity index (χ4n) is 1.53. The van der Waals surface area contributed by atoms with Gasteiger partial charge in [-0.05, 0) is 24.6 Å². The molecule has 10 heteroatoms. The van der Waals surface area contributed by atoms with E-state index in [2.05, 4.69) is 4.72 Å². The molecular formula is C12H20N2O6S2. The summed E-state index contributed by atoms with van der Waals surface area (Å²) >= 11 is 0. The first-order chi connectivity index (χ1) is 10.3. The van der Waals surface area contributed by atoms with E-state index in [0.717, 1.165) is 6.07 Å². The Morgan fingerprint density at radius 2 is 1.77 bits per heavy atom. The van der Waals surface area contributed by atoms with Crippen LogP contribution in [0, 0.1) is 0 Å². The molecule has 0 bridgehead atoms. The number of primary sulfonamides is 1. The predicted octanol–water partition coefficient (Wildman–Crippen LogP) is -0.335. The first-order valence-corrected chi connectivity index (χ1v) is 9.49. The van der Waals surface area contributed by atoms with Crippen molar-refractivity contribution in [2.45, 2.75) is 16.2 Å². The van der Waals surface area contributed by atoms with Gasteiger partial charge in [-0.2, -0.15) is 0 Å². The number of sulfonamides is 2. The van der Waals surface area contributed by atoms with Crippen LogP contribution in [0.5, 0.6) is 0 Å². The molecule has 22 heavy (non-hydrogen) atoms. The first kappa shape index (κ1) is 19.0. The zero-order valence-electron chi connectivity index (χ0n) is 12.2. The zero-order chi connectivity index (χ0) is 16.6. The summed E-state index contributed by atoms with van der Waals surface area (Å²) in [5, 5.41) is 4.98. The lowest BCUT2D eigenvalue weighted by atomic mass is 10.4. The maximum Gasteiger partial charge on any atom is 0.240 e. The summed E-state index contributed by atoms with van der Waals surface area (Å²) in [5.74, 6) is 0. The first-order valence-electron chi connectivity index (χ1n) is 6.46. The van der Waals surface area contributed by atoms with Crippen LogP contribution in [0.25, 0.3) is 0 Å². The highest BCUT2D eigenvalue weighted by atomic mass is 32.2. The van der Waals surface area contributed by atoms with E-state index in [1.807, 2.05) is 0 Å². The van der Waals surface area contributed by atoms with E-state index in [-0.39, 0.29) is 16.3 Å². The topological polar surface area (TPSA) is 125 Å². The molecule has 0 atom stereocenters. The van der Waals surface area contributed by atoms with Gasteiger partial charge in [0.2, 0.25) is 20.0 Å². The molecule has 1 rings (SSSR count). The molecule has 0 aliphatic heterocycles. The SMILES string of the molecule is COCCOCCCNS(=O)(=O)c1cccc(S(N)(=O)=O)c1. The second-order valence-corrected chi connectivity index (χ2v) is 7.70. The van der Waals surface area contributed by atoms with E-state index in [0.29, 0.717) is 26.2 Å². The third-order valence-corrected chi connectivity index (χ3v) is 5.00. The molecule has 0 radical (unpaired) electrons. The molecule has 0 aliphatic carbocycles. The smallest absolute Gasteiger partial charge is 0.240 e. The van der Waals surface area contributed by atoms with Crippen molar-refractivity contribution >= 4 is 20.0 Å². The van der Waals surface area contributed by atoms with Gasteiger partial charge in [0.15, 0.2) is 0 Å². The van der Waals surface area contributed by atoms with Gasteiger partial charge in [0.05, 0.1) is 23.0 Å².